The van der Waals surface area contributed by atoms with E-state index in [1.54, 1.807) is 24.3 Å². The van der Waals surface area contributed by atoms with Crippen molar-refractivity contribution in [3.63, 3.8) is 0 Å². The number of hydrogen-bond acceptors (Lipinski definition) is 4. The number of Topliss-reactive ketones (excluding diaryl/α,β-unsaturated/α-hetero) is 1. The Morgan fingerprint density at radius 1 is 1.18 bits per heavy atom. The first-order chi connectivity index (χ1) is 8.21. The van der Waals surface area contributed by atoms with Crippen LogP contribution < -0.4 is 4.74 Å². The van der Waals surface area contributed by atoms with Crippen LogP contribution in [0.15, 0.2) is 24.3 Å². The highest BCUT2D eigenvalue weighted by atomic mass is 16.7. The van der Waals surface area contributed by atoms with E-state index in [1.807, 2.05) is 6.92 Å². The lowest BCUT2D eigenvalue weighted by Gasteiger charge is -2.12. The summed E-state index contributed by atoms with van der Waals surface area (Å²) < 4.78 is 15.3. The Balaban J connectivity index is 2.63. The third-order valence-corrected chi connectivity index (χ3v) is 2.37. The van der Waals surface area contributed by atoms with E-state index in [0.29, 0.717) is 12.2 Å². The van der Waals surface area contributed by atoms with Crippen LogP contribution in [-0.4, -0.2) is 32.9 Å². The van der Waals surface area contributed by atoms with Gasteiger partial charge in [-0.05, 0) is 31.2 Å². The number of benzene rings is 1. The van der Waals surface area contributed by atoms with E-state index < -0.39 is 6.29 Å². The average molecular weight is 238 g/mol. The van der Waals surface area contributed by atoms with Crippen LogP contribution in [-0.2, 0) is 9.47 Å². The first-order valence-electron chi connectivity index (χ1n) is 5.53. The highest BCUT2D eigenvalue weighted by Gasteiger charge is 2.13. The highest BCUT2D eigenvalue weighted by molar-refractivity contribution is 5.96. The van der Waals surface area contributed by atoms with Crippen molar-refractivity contribution < 1.29 is 19.0 Å². The molecule has 0 radical (unpaired) electrons. The van der Waals surface area contributed by atoms with Crippen LogP contribution >= 0.6 is 0 Å². The second-order valence-electron chi connectivity index (χ2n) is 3.49. The molecule has 0 saturated heterocycles. The number of methoxy groups -OCH3 is 2. The van der Waals surface area contributed by atoms with Gasteiger partial charge in [-0.25, -0.2) is 0 Å². The van der Waals surface area contributed by atoms with Gasteiger partial charge in [0, 0.05) is 19.8 Å². The maximum atomic E-state index is 11.8. The van der Waals surface area contributed by atoms with Gasteiger partial charge in [0.1, 0.15) is 5.75 Å². The lowest BCUT2D eigenvalue weighted by Crippen LogP contribution is -2.18. The molecule has 0 amide bonds. The van der Waals surface area contributed by atoms with Gasteiger partial charge in [-0.1, -0.05) is 0 Å². The monoisotopic (exact) mass is 238 g/mol. The third-order valence-electron chi connectivity index (χ3n) is 2.37. The lowest BCUT2D eigenvalue weighted by atomic mass is 10.1. The van der Waals surface area contributed by atoms with Crippen LogP contribution in [0, 0.1) is 0 Å². The van der Waals surface area contributed by atoms with E-state index in [-0.39, 0.29) is 12.2 Å². The number of carbonyl (C=O) groups is 1. The van der Waals surface area contributed by atoms with Gasteiger partial charge in [0.25, 0.3) is 0 Å². The molecule has 0 aliphatic rings. The van der Waals surface area contributed by atoms with Crippen LogP contribution in [0.3, 0.4) is 0 Å². The summed E-state index contributed by atoms with van der Waals surface area (Å²) in [5.41, 5.74) is 0.632. The van der Waals surface area contributed by atoms with Crippen LogP contribution in [0.1, 0.15) is 23.7 Å². The molecular formula is C13H18O4. The largest absolute Gasteiger partial charge is 0.494 e. The summed E-state index contributed by atoms with van der Waals surface area (Å²) in [7, 11) is 3.03. The molecule has 0 aromatic heterocycles. The topological polar surface area (TPSA) is 44.8 Å². The lowest BCUT2D eigenvalue weighted by molar-refractivity contribution is -0.0993. The molecular weight excluding hydrogens is 220 g/mol. The predicted molar refractivity (Wildman–Crippen MR) is 64.4 cm³/mol. The average Bonchev–Trinajstić information content (AvgIpc) is 2.37. The van der Waals surface area contributed by atoms with Gasteiger partial charge in [0.2, 0.25) is 0 Å². The Morgan fingerprint density at radius 2 is 1.76 bits per heavy atom. The molecule has 0 N–H and O–H groups in total. The molecule has 0 spiro atoms. The molecule has 0 aliphatic carbocycles. The molecule has 4 nitrogen and oxygen atoms in total. The zero-order valence-corrected chi connectivity index (χ0v) is 10.4. The summed E-state index contributed by atoms with van der Waals surface area (Å²) in [5.74, 6) is 0.751. The number of hydrogen-bond donors (Lipinski definition) is 0. The molecule has 0 heterocycles. The number of ketones is 1. The standard InChI is InChI=1S/C13H18O4/c1-4-17-11-7-5-10(6-8-11)12(14)9-13(15-2)16-3/h5-8,13H,4,9H2,1-3H3. The fourth-order valence-corrected chi connectivity index (χ4v) is 1.44. The predicted octanol–water partition coefficient (Wildman–Crippen LogP) is 2.28. The van der Waals surface area contributed by atoms with Gasteiger partial charge in [-0.15, -0.1) is 0 Å². The Bertz CT molecular complexity index is 341. The maximum Gasteiger partial charge on any atom is 0.167 e. The van der Waals surface area contributed by atoms with Gasteiger partial charge in [-0.3, -0.25) is 4.79 Å². The van der Waals surface area contributed by atoms with E-state index in [4.69, 9.17) is 14.2 Å². The minimum Gasteiger partial charge on any atom is -0.494 e. The molecule has 94 valence electrons. The van der Waals surface area contributed by atoms with Crippen molar-refractivity contribution in [3.8, 4) is 5.75 Å². The Kier molecular flexibility index (Phi) is 5.66. The zero-order chi connectivity index (χ0) is 12.7. The van der Waals surface area contributed by atoms with Crippen molar-refractivity contribution in [3.05, 3.63) is 29.8 Å². The number of ether oxygens (including phenoxy) is 3. The first-order valence-corrected chi connectivity index (χ1v) is 5.53. The maximum absolute atomic E-state index is 11.8. The molecule has 1 aromatic carbocycles. The molecule has 0 saturated carbocycles. The highest BCUT2D eigenvalue weighted by Crippen LogP contribution is 2.14. The fraction of sp³-hybridized carbons (Fsp3) is 0.462. The van der Waals surface area contributed by atoms with Gasteiger partial charge in [-0.2, -0.15) is 0 Å². The van der Waals surface area contributed by atoms with Crippen LogP contribution in [0.5, 0.6) is 5.75 Å². The van der Waals surface area contributed by atoms with E-state index >= 15 is 0 Å². The molecule has 0 fully saturated rings. The molecule has 1 aromatic rings. The fourth-order valence-electron chi connectivity index (χ4n) is 1.44. The summed E-state index contributed by atoms with van der Waals surface area (Å²) in [5, 5.41) is 0. The van der Waals surface area contributed by atoms with Crippen molar-refractivity contribution in [1.29, 1.82) is 0 Å². The second kappa shape index (κ2) is 7.04. The van der Waals surface area contributed by atoms with E-state index in [0.717, 1.165) is 5.75 Å². The summed E-state index contributed by atoms with van der Waals surface area (Å²) in [4.78, 5) is 11.8. The van der Waals surface area contributed by atoms with Gasteiger partial charge >= 0.3 is 0 Å². The van der Waals surface area contributed by atoms with Crippen molar-refractivity contribution in [2.75, 3.05) is 20.8 Å². The minimum atomic E-state index is -0.492. The second-order valence-corrected chi connectivity index (χ2v) is 3.49. The van der Waals surface area contributed by atoms with Crippen molar-refractivity contribution in [2.24, 2.45) is 0 Å². The molecule has 0 atom stereocenters. The summed E-state index contributed by atoms with van der Waals surface area (Å²) in [6.07, 6.45) is -0.282. The van der Waals surface area contributed by atoms with E-state index in [9.17, 15) is 4.79 Å². The van der Waals surface area contributed by atoms with Crippen LogP contribution in [0.4, 0.5) is 0 Å². The van der Waals surface area contributed by atoms with E-state index in [1.165, 1.54) is 14.2 Å². The van der Waals surface area contributed by atoms with Crippen LogP contribution in [0.2, 0.25) is 0 Å². The van der Waals surface area contributed by atoms with Crippen LogP contribution in [0.25, 0.3) is 0 Å². The number of rotatable bonds is 7. The Labute approximate surface area is 101 Å². The molecule has 0 aliphatic heterocycles. The van der Waals surface area contributed by atoms with Gasteiger partial charge < -0.3 is 14.2 Å². The zero-order valence-electron chi connectivity index (χ0n) is 10.4. The molecule has 0 bridgehead atoms. The number of carbonyl (C=O) groups excluding carboxylic acids is 1. The molecule has 0 unspecified atom stereocenters. The summed E-state index contributed by atoms with van der Waals surface area (Å²) >= 11 is 0. The summed E-state index contributed by atoms with van der Waals surface area (Å²) in [6.45, 7) is 2.53. The van der Waals surface area contributed by atoms with Gasteiger partial charge in [0.05, 0.1) is 13.0 Å². The minimum absolute atomic E-state index is 0.0123. The first kappa shape index (κ1) is 13.7. The quantitative estimate of drug-likeness (QED) is 0.540. The van der Waals surface area contributed by atoms with Crippen molar-refractivity contribution in [2.45, 2.75) is 19.6 Å². The smallest absolute Gasteiger partial charge is 0.167 e. The molecule has 1 rings (SSSR count). The molecule has 4 heteroatoms. The summed E-state index contributed by atoms with van der Waals surface area (Å²) in [6, 6.07) is 7.06. The normalized spacial score (nSPS) is 10.6. The van der Waals surface area contributed by atoms with Crippen molar-refractivity contribution in [1.82, 2.24) is 0 Å². The Morgan fingerprint density at radius 3 is 2.24 bits per heavy atom. The molecule has 17 heavy (non-hydrogen) atoms. The Hall–Kier alpha value is -1.39. The van der Waals surface area contributed by atoms with Crippen molar-refractivity contribution >= 4 is 5.78 Å². The van der Waals surface area contributed by atoms with Gasteiger partial charge in [0.15, 0.2) is 12.1 Å². The third kappa shape index (κ3) is 4.17. The van der Waals surface area contributed by atoms with E-state index in [2.05, 4.69) is 0 Å². The SMILES string of the molecule is CCOc1ccc(C(=O)CC(OC)OC)cc1.